The number of amides is 1. The average Bonchev–Trinajstić information content (AvgIpc) is 2.41. The number of nitrogens with two attached hydrogens (primary N) is 1. The number of hydrogen-bond acceptors (Lipinski definition) is 3. The van der Waals surface area contributed by atoms with Crippen LogP contribution in [0.15, 0.2) is 40.9 Å². The van der Waals surface area contributed by atoms with Gasteiger partial charge in [-0.25, -0.2) is 0 Å². The Morgan fingerprint density at radius 3 is 2.80 bits per heavy atom. The highest BCUT2D eigenvalue weighted by atomic mass is 79.9. The van der Waals surface area contributed by atoms with Crippen molar-refractivity contribution in [1.29, 1.82) is 0 Å². The Labute approximate surface area is 129 Å². The lowest BCUT2D eigenvalue weighted by atomic mass is 10.1. The van der Waals surface area contributed by atoms with E-state index in [-0.39, 0.29) is 11.3 Å². The molecule has 0 atom stereocenters. The van der Waals surface area contributed by atoms with Gasteiger partial charge in [0.2, 0.25) is 5.91 Å². The summed E-state index contributed by atoms with van der Waals surface area (Å²) in [5.41, 5.74) is 6.93. The molecule has 0 unspecified atom stereocenters. The highest BCUT2D eigenvalue weighted by molar-refractivity contribution is 9.10. The number of phenolic OH excluding ortho intramolecular Hbond substituents is 1. The molecule has 0 aliphatic heterocycles. The molecule has 0 spiro atoms. The van der Waals surface area contributed by atoms with Gasteiger partial charge in [0.1, 0.15) is 5.75 Å². The summed E-state index contributed by atoms with van der Waals surface area (Å²) in [7, 11) is 0. The summed E-state index contributed by atoms with van der Waals surface area (Å²) < 4.78 is 0.630. The summed E-state index contributed by atoms with van der Waals surface area (Å²) in [6.45, 7) is 0.408. The zero-order valence-electron chi connectivity index (χ0n) is 10.4. The van der Waals surface area contributed by atoms with E-state index in [2.05, 4.69) is 21.2 Å². The highest BCUT2D eigenvalue weighted by Gasteiger charge is 2.08. The van der Waals surface area contributed by atoms with Crippen molar-refractivity contribution in [3.8, 4) is 5.75 Å². The van der Waals surface area contributed by atoms with Crippen LogP contribution >= 0.6 is 27.5 Å². The molecule has 0 saturated heterocycles. The molecule has 0 fully saturated rings. The number of primary amides is 1. The number of phenols is 1. The molecule has 2 aromatic rings. The van der Waals surface area contributed by atoms with Crippen LogP contribution in [-0.4, -0.2) is 11.0 Å². The predicted octanol–water partition coefficient (Wildman–Crippen LogP) is 3.52. The number of carbonyl (C=O) groups excluding carboxylic acids is 1. The van der Waals surface area contributed by atoms with Crippen LogP contribution in [0.5, 0.6) is 5.75 Å². The molecule has 4 nitrogen and oxygen atoms in total. The van der Waals surface area contributed by atoms with Crippen LogP contribution in [0.2, 0.25) is 5.02 Å². The van der Waals surface area contributed by atoms with Crippen molar-refractivity contribution in [3.05, 3.63) is 57.0 Å². The van der Waals surface area contributed by atoms with Crippen LogP contribution < -0.4 is 11.1 Å². The number of rotatable bonds is 4. The first-order chi connectivity index (χ1) is 9.49. The van der Waals surface area contributed by atoms with Gasteiger partial charge in [0, 0.05) is 17.8 Å². The maximum atomic E-state index is 11.2. The van der Waals surface area contributed by atoms with Crippen molar-refractivity contribution in [1.82, 2.24) is 0 Å². The lowest BCUT2D eigenvalue weighted by molar-refractivity contribution is 0.100. The molecule has 0 aliphatic carbocycles. The molecule has 0 aliphatic rings. The van der Waals surface area contributed by atoms with Crippen molar-refractivity contribution in [2.24, 2.45) is 5.73 Å². The van der Waals surface area contributed by atoms with Gasteiger partial charge < -0.3 is 16.2 Å². The summed E-state index contributed by atoms with van der Waals surface area (Å²) >= 11 is 9.14. The summed E-state index contributed by atoms with van der Waals surface area (Å²) in [4.78, 5) is 11.2. The van der Waals surface area contributed by atoms with Gasteiger partial charge in [0.15, 0.2) is 0 Å². The lowest BCUT2D eigenvalue weighted by Gasteiger charge is -2.10. The van der Waals surface area contributed by atoms with Crippen molar-refractivity contribution < 1.29 is 9.90 Å². The fourth-order valence-corrected chi connectivity index (χ4v) is 2.34. The molecule has 4 N–H and O–H groups in total. The van der Waals surface area contributed by atoms with Crippen LogP contribution in [0.3, 0.4) is 0 Å². The number of hydrogen-bond donors (Lipinski definition) is 3. The quantitative estimate of drug-likeness (QED) is 0.785. The second-order valence-corrected chi connectivity index (χ2v) is 5.42. The second-order valence-electron chi connectivity index (χ2n) is 4.16. The van der Waals surface area contributed by atoms with Crippen molar-refractivity contribution in [2.45, 2.75) is 6.54 Å². The van der Waals surface area contributed by atoms with Gasteiger partial charge in [-0.15, -0.1) is 0 Å². The monoisotopic (exact) mass is 354 g/mol. The van der Waals surface area contributed by atoms with E-state index in [1.54, 1.807) is 30.3 Å². The standard InChI is InChI=1S/C14H12BrClN2O2/c15-11-3-1-2-8(13(11)19)7-18-9-4-5-12(16)10(6-9)14(17)20/h1-6,18-19H,7H2,(H2,17,20). The maximum Gasteiger partial charge on any atom is 0.250 e. The minimum atomic E-state index is -0.580. The Morgan fingerprint density at radius 2 is 2.10 bits per heavy atom. The molecule has 1 amide bonds. The Bertz CT molecular complexity index is 662. The molecule has 0 heterocycles. The van der Waals surface area contributed by atoms with E-state index < -0.39 is 5.91 Å². The summed E-state index contributed by atoms with van der Waals surface area (Å²) in [6, 6.07) is 10.3. The highest BCUT2D eigenvalue weighted by Crippen LogP contribution is 2.28. The number of benzene rings is 2. The molecule has 6 heteroatoms. The van der Waals surface area contributed by atoms with Gasteiger partial charge in [-0.3, -0.25) is 4.79 Å². The maximum absolute atomic E-state index is 11.2. The zero-order chi connectivity index (χ0) is 14.7. The number of halogens is 2. The summed E-state index contributed by atoms with van der Waals surface area (Å²) in [5.74, 6) is -0.395. The van der Waals surface area contributed by atoms with E-state index in [4.69, 9.17) is 17.3 Å². The van der Waals surface area contributed by atoms with Gasteiger partial charge in [0.05, 0.1) is 15.1 Å². The Balaban J connectivity index is 2.17. The predicted molar refractivity (Wildman–Crippen MR) is 83.1 cm³/mol. The van der Waals surface area contributed by atoms with E-state index in [0.29, 0.717) is 21.7 Å². The van der Waals surface area contributed by atoms with Gasteiger partial charge in [0.25, 0.3) is 0 Å². The molecule has 0 saturated carbocycles. The van der Waals surface area contributed by atoms with Gasteiger partial charge in [-0.1, -0.05) is 23.7 Å². The first-order valence-electron chi connectivity index (χ1n) is 5.78. The fraction of sp³-hybridized carbons (Fsp3) is 0.0714. The second kappa shape index (κ2) is 6.15. The Morgan fingerprint density at radius 1 is 1.35 bits per heavy atom. The first kappa shape index (κ1) is 14.7. The third-order valence-corrected chi connectivity index (χ3v) is 3.75. The smallest absolute Gasteiger partial charge is 0.250 e. The average molecular weight is 356 g/mol. The topological polar surface area (TPSA) is 75.4 Å². The third-order valence-electron chi connectivity index (χ3n) is 2.79. The van der Waals surface area contributed by atoms with E-state index in [0.717, 1.165) is 5.56 Å². The van der Waals surface area contributed by atoms with E-state index in [9.17, 15) is 9.90 Å². The molecule has 2 aromatic carbocycles. The van der Waals surface area contributed by atoms with E-state index in [1.165, 1.54) is 0 Å². The normalized spacial score (nSPS) is 10.3. The molecule has 104 valence electrons. The largest absolute Gasteiger partial charge is 0.506 e. The number of carbonyl (C=O) groups is 1. The Hall–Kier alpha value is -1.72. The van der Waals surface area contributed by atoms with Gasteiger partial charge >= 0.3 is 0 Å². The number of nitrogens with one attached hydrogen (secondary N) is 1. The molecule has 0 bridgehead atoms. The van der Waals surface area contributed by atoms with Crippen LogP contribution in [-0.2, 0) is 6.54 Å². The first-order valence-corrected chi connectivity index (χ1v) is 6.95. The van der Waals surface area contributed by atoms with Crippen molar-refractivity contribution in [2.75, 3.05) is 5.32 Å². The summed E-state index contributed by atoms with van der Waals surface area (Å²) in [6.07, 6.45) is 0. The zero-order valence-corrected chi connectivity index (χ0v) is 12.7. The number of aromatic hydroxyl groups is 1. The molecule has 2 rings (SSSR count). The SMILES string of the molecule is NC(=O)c1cc(NCc2cccc(Br)c2O)ccc1Cl. The van der Waals surface area contributed by atoms with E-state index in [1.807, 2.05) is 6.07 Å². The van der Waals surface area contributed by atoms with Crippen molar-refractivity contribution >= 4 is 39.1 Å². The van der Waals surface area contributed by atoms with Crippen molar-refractivity contribution in [3.63, 3.8) is 0 Å². The van der Waals surface area contributed by atoms with E-state index >= 15 is 0 Å². The van der Waals surface area contributed by atoms with Gasteiger partial charge in [-0.05, 0) is 40.2 Å². The fourth-order valence-electron chi connectivity index (χ4n) is 1.72. The molecule has 20 heavy (non-hydrogen) atoms. The molecule has 0 radical (unpaired) electrons. The molecular formula is C14H12BrClN2O2. The third kappa shape index (κ3) is 3.23. The Kier molecular flexibility index (Phi) is 4.52. The molecular weight excluding hydrogens is 344 g/mol. The lowest BCUT2D eigenvalue weighted by Crippen LogP contribution is -2.12. The minimum absolute atomic E-state index is 0.184. The van der Waals surface area contributed by atoms with Crippen LogP contribution in [0.25, 0.3) is 0 Å². The summed E-state index contributed by atoms with van der Waals surface area (Å²) in [5, 5.41) is 13.3. The van der Waals surface area contributed by atoms with Crippen LogP contribution in [0, 0.1) is 0 Å². The molecule has 0 aromatic heterocycles. The van der Waals surface area contributed by atoms with Gasteiger partial charge in [-0.2, -0.15) is 0 Å². The van der Waals surface area contributed by atoms with Crippen LogP contribution in [0.1, 0.15) is 15.9 Å². The minimum Gasteiger partial charge on any atom is -0.506 e. The number of anilines is 1. The number of para-hydroxylation sites is 1. The van der Waals surface area contributed by atoms with Crippen LogP contribution in [0.4, 0.5) is 5.69 Å².